The lowest BCUT2D eigenvalue weighted by atomic mass is 10.1. The van der Waals surface area contributed by atoms with Crippen molar-refractivity contribution < 1.29 is 0 Å². The van der Waals surface area contributed by atoms with Crippen molar-refractivity contribution in [1.82, 2.24) is 9.78 Å². The van der Waals surface area contributed by atoms with Crippen LogP contribution in [0.1, 0.15) is 36.8 Å². The molecule has 2 heterocycles. The van der Waals surface area contributed by atoms with Crippen LogP contribution in [-0.4, -0.2) is 9.78 Å². The monoisotopic (exact) mass is 453 g/mol. The molecule has 2 rings (SSSR count). The van der Waals surface area contributed by atoms with Gasteiger partial charge in [-0.3, -0.25) is 4.68 Å². The van der Waals surface area contributed by atoms with E-state index >= 15 is 0 Å². The maximum Gasteiger partial charge on any atom is 0.0766 e. The summed E-state index contributed by atoms with van der Waals surface area (Å²) >= 11 is 7.74. The molecular formula is C13H17BrIN3S. The third kappa shape index (κ3) is 3.40. The van der Waals surface area contributed by atoms with Gasteiger partial charge in [0.1, 0.15) is 0 Å². The summed E-state index contributed by atoms with van der Waals surface area (Å²) in [7, 11) is 0. The fourth-order valence-corrected chi connectivity index (χ4v) is 4.22. The first-order valence-corrected chi connectivity index (χ1v) is 9.05. The Kier molecular flexibility index (Phi) is 5.45. The van der Waals surface area contributed by atoms with Crippen LogP contribution in [-0.2, 0) is 19.4 Å². The van der Waals surface area contributed by atoms with Crippen molar-refractivity contribution in [1.29, 1.82) is 0 Å². The molecule has 0 amide bonds. The Morgan fingerprint density at radius 1 is 1.53 bits per heavy atom. The number of rotatable bonds is 5. The van der Waals surface area contributed by atoms with Gasteiger partial charge in [-0.05, 0) is 68.9 Å². The Labute approximate surface area is 139 Å². The maximum absolute atomic E-state index is 6.32. The van der Waals surface area contributed by atoms with Crippen molar-refractivity contribution in [3.05, 3.63) is 35.8 Å². The van der Waals surface area contributed by atoms with E-state index in [4.69, 9.17) is 5.73 Å². The van der Waals surface area contributed by atoms with E-state index in [-0.39, 0.29) is 6.04 Å². The van der Waals surface area contributed by atoms with Crippen molar-refractivity contribution in [2.24, 2.45) is 5.73 Å². The number of hydrogen-bond donors (Lipinski definition) is 1. The smallest absolute Gasteiger partial charge is 0.0766 e. The van der Waals surface area contributed by atoms with Gasteiger partial charge in [0.15, 0.2) is 0 Å². The first-order chi connectivity index (χ1) is 9.06. The summed E-state index contributed by atoms with van der Waals surface area (Å²) in [4.78, 5) is 0. The highest BCUT2D eigenvalue weighted by Crippen LogP contribution is 2.28. The lowest BCUT2D eigenvalue weighted by molar-refractivity contribution is 0.585. The molecule has 0 bridgehead atoms. The highest BCUT2D eigenvalue weighted by Gasteiger charge is 2.18. The van der Waals surface area contributed by atoms with Crippen molar-refractivity contribution in [2.45, 2.75) is 39.3 Å². The molecule has 0 radical (unpaired) electrons. The van der Waals surface area contributed by atoms with Gasteiger partial charge in [-0.2, -0.15) is 5.10 Å². The molecule has 0 saturated carbocycles. The number of aromatic nitrogens is 2. The molecule has 19 heavy (non-hydrogen) atoms. The fraction of sp³-hybridized carbons (Fsp3) is 0.462. The van der Waals surface area contributed by atoms with Gasteiger partial charge in [-0.15, -0.1) is 11.3 Å². The molecule has 0 aliphatic carbocycles. The Morgan fingerprint density at radius 3 is 2.79 bits per heavy atom. The van der Waals surface area contributed by atoms with Crippen LogP contribution in [0, 0.1) is 2.88 Å². The summed E-state index contributed by atoms with van der Waals surface area (Å²) in [6.07, 6.45) is 1.75. The Bertz CT molecular complexity index is 564. The molecule has 0 aliphatic rings. The second-order valence-electron chi connectivity index (χ2n) is 4.37. The van der Waals surface area contributed by atoms with Crippen LogP contribution in [0.2, 0.25) is 0 Å². The summed E-state index contributed by atoms with van der Waals surface area (Å²) in [6, 6.07) is 2.19. The summed E-state index contributed by atoms with van der Waals surface area (Å²) in [5, 5.41) is 6.76. The van der Waals surface area contributed by atoms with Crippen molar-refractivity contribution >= 4 is 49.9 Å². The number of nitrogens with two attached hydrogens (primary N) is 1. The predicted molar refractivity (Wildman–Crippen MR) is 92.6 cm³/mol. The van der Waals surface area contributed by atoms with Gasteiger partial charge in [0.2, 0.25) is 0 Å². The average Bonchev–Trinajstić information content (AvgIpc) is 2.95. The first-order valence-electron chi connectivity index (χ1n) is 6.30. The van der Waals surface area contributed by atoms with E-state index in [2.05, 4.69) is 73.6 Å². The Balaban J connectivity index is 2.25. The van der Waals surface area contributed by atoms with Crippen LogP contribution in [0.25, 0.3) is 0 Å². The summed E-state index contributed by atoms with van der Waals surface area (Å²) < 4.78 is 4.46. The number of hydrogen-bond acceptors (Lipinski definition) is 3. The molecular weight excluding hydrogens is 437 g/mol. The highest BCUT2D eigenvalue weighted by molar-refractivity contribution is 14.1. The van der Waals surface area contributed by atoms with E-state index < -0.39 is 0 Å². The third-order valence-corrected chi connectivity index (χ3v) is 5.85. The first kappa shape index (κ1) is 15.5. The molecule has 2 aromatic rings. The topological polar surface area (TPSA) is 43.8 Å². The minimum atomic E-state index is 0.0303. The highest BCUT2D eigenvalue weighted by atomic mass is 127. The zero-order valence-electron chi connectivity index (χ0n) is 11.0. The lowest BCUT2D eigenvalue weighted by Crippen LogP contribution is -2.15. The predicted octanol–water partition coefficient (Wildman–Crippen LogP) is 4.14. The normalized spacial score (nSPS) is 12.9. The lowest BCUT2D eigenvalue weighted by Gasteiger charge is -2.11. The van der Waals surface area contributed by atoms with Crippen molar-refractivity contribution in [2.75, 3.05) is 0 Å². The van der Waals surface area contributed by atoms with Crippen molar-refractivity contribution in [3.63, 3.8) is 0 Å². The van der Waals surface area contributed by atoms with Crippen LogP contribution < -0.4 is 5.73 Å². The van der Waals surface area contributed by atoms with E-state index in [9.17, 15) is 0 Å². The van der Waals surface area contributed by atoms with Gasteiger partial charge in [0, 0.05) is 19.0 Å². The second kappa shape index (κ2) is 6.69. The minimum absolute atomic E-state index is 0.0303. The Morgan fingerprint density at radius 2 is 2.26 bits per heavy atom. The Hall–Kier alpha value is 0.0800. The minimum Gasteiger partial charge on any atom is -0.324 e. The van der Waals surface area contributed by atoms with E-state index in [0.717, 1.165) is 29.6 Å². The molecule has 1 atom stereocenters. The fourth-order valence-electron chi connectivity index (χ4n) is 2.06. The van der Waals surface area contributed by atoms with Crippen molar-refractivity contribution in [3.8, 4) is 0 Å². The molecule has 2 N–H and O–H groups in total. The van der Waals surface area contributed by atoms with Gasteiger partial charge in [-0.25, -0.2) is 0 Å². The molecule has 6 heteroatoms. The largest absolute Gasteiger partial charge is 0.324 e. The number of aryl methyl sites for hydroxylation is 2. The van der Waals surface area contributed by atoms with E-state index in [1.54, 1.807) is 11.3 Å². The van der Waals surface area contributed by atoms with E-state index in [1.807, 2.05) is 0 Å². The van der Waals surface area contributed by atoms with E-state index in [1.165, 1.54) is 14.1 Å². The van der Waals surface area contributed by atoms with E-state index in [0.29, 0.717) is 0 Å². The number of nitrogens with zero attached hydrogens (tertiary/aromatic N) is 2. The van der Waals surface area contributed by atoms with Crippen LogP contribution in [0.3, 0.4) is 0 Å². The number of thiophene rings is 1. The summed E-state index contributed by atoms with van der Waals surface area (Å²) in [5.41, 5.74) is 9.85. The SMILES string of the molecule is CCc1nn(CC)c(CC(N)c2csc(I)c2)c1Br. The summed E-state index contributed by atoms with van der Waals surface area (Å²) in [6.45, 7) is 5.11. The molecule has 2 aromatic heterocycles. The average molecular weight is 454 g/mol. The zero-order valence-corrected chi connectivity index (χ0v) is 15.5. The second-order valence-corrected chi connectivity index (χ2v) is 7.97. The molecule has 1 unspecified atom stereocenters. The molecule has 104 valence electrons. The number of halogens is 2. The van der Waals surface area contributed by atoms with Crippen LogP contribution in [0.15, 0.2) is 15.9 Å². The standard InChI is InChI=1S/C13H17BrIN3S/c1-3-10-13(14)11(18(4-2)17-10)6-9(16)8-5-12(15)19-7-8/h5,7,9H,3-4,6,16H2,1-2H3. The zero-order chi connectivity index (χ0) is 14.0. The van der Waals surface area contributed by atoms with Crippen LogP contribution in [0.4, 0.5) is 0 Å². The van der Waals surface area contributed by atoms with Crippen LogP contribution >= 0.6 is 49.9 Å². The summed E-state index contributed by atoms with van der Waals surface area (Å²) in [5.74, 6) is 0. The molecule has 0 fully saturated rings. The maximum atomic E-state index is 6.32. The molecule has 0 aliphatic heterocycles. The quantitative estimate of drug-likeness (QED) is 0.691. The molecule has 0 aromatic carbocycles. The third-order valence-electron chi connectivity index (χ3n) is 3.12. The molecule has 0 spiro atoms. The van der Waals surface area contributed by atoms with Gasteiger partial charge >= 0.3 is 0 Å². The van der Waals surface area contributed by atoms with Gasteiger partial charge in [0.25, 0.3) is 0 Å². The van der Waals surface area contributed by atoms with Gasteiger partial charge < -0.3 is 5.73 Å². The van der Waals surface area contributed by atoms with Gasteiger partial charge in [0.05, 0.1) is 18.7 Å². The van der Waals surface area contributed by atoms with Gasteiger partial charge in [-0.1, -0.05) is 6.92 Å². The van der Waals surface area contributed by atoms with Crippen LogP contribution in [0.5, 0.6) is 0 Å². The molecule has 0 saturated heterocycles. The molecule has 3 nitrogen and oxygen atoms in total.